The highest BCUT2D eigenvalue weighted by Crippen LogP contribution is 2.27. The van der Waals surface area contributed by atoms with Gasteiger partial charge in [-0.3, -0.25) is 0 Å². The topological polar surface area (TPSA) is 98.5 Å². The number of rotatable bonds is 5. The van der Waals surface area contributed by atoms with Crippen molar-refractivity contribution in [3.05, 3.63) is 28.8 Å². The SMILES string of the molecule is COC(=O)c1cc(Cl)cc(S(=O)(=O)NC2CCCC2CN)c1.Cl. The molecule has 2 atom stereocenters. The number of hydrogen-bond donors (Lipinski definition) is 2. The first-order valence-electron chi connectivity index (χ1n) is 6.98. The summed E-state index contributed by atoms with van der Waals surface area (Å²) < 4.78 is 32.3. The first-order valence-corrected chi connectivity index (χ1v) is 8.85. The van der Waals surface area contributed by atoms with Crippen LogP contribution in [0.5, 0.6) is 0 Å². The molecule has 0 aliphatic heterocycles. The van der Waals surface area contributed by atoms with Gasteiger partial charge in [0.05, 0.1) is 17.6 Å². The maximum Gasteiger partial charge on any atom is 0.337 e. The number of halogens is 2. The van der Waals surface area contributed by atoms with E-state index in [2.05, 4.69) is 9.46 Å². The van der Waals surface area contributed by atoms with Crippen LogP contribution in [0.1, 0.15) is 29.6 Å². The van der Waals surface area contributed by atoms with Crippen LogP contribution < -0.4 is 10.5 Å². The van der Waals surface area contributed by atoms with Crippen LogP contribution in [0.2, 0.25) is 5.02 Å². The molecule has 0 aromatic heterocycles. The number of carbonyl (C=O) groups is 1. The van der Waals surface area contributed by atoms with Crippen LogP contribution >= 0.6 is 24.0 Å². The maximum absolute atomic E-state index is 12.5. The van der Waals surface area contributed by atoms with Gasteiger partial charge in [0.25, 0.3) is 0 Å². The number of carbonyl (C=O) groups excluding carboxylic acids is 1. The lowest BCUT2D eigenvalue weighted by Gasteiger charge is -2.19. The standard InChI is InChI=1S/C14H19ClN2O4S.ClH/c1-21-14(18)10-5-11(15)7-12(6-10)22(19,20)17-13-4-2-3-9(13)8-16;/h5-7,9,13,17H,2-4,8,16H2,1H3;1H. The lowest BCUT2D eigenvalue weighted by Crippen LogP contribution is -2.39. The average Bonchev–Trinajstić information content (AvgIpc) is 2.92. The van der Waals surface area contributed by atoms with Crippen molar-refractivity contribution in [2.75, 3.05) is 13.7 Å². The predicted octanol–water partition coefficient (Wildman–Crippen LogP) is 1.95. The quantitative estimate of drug-likeness (QED) is 0.758. The molecule has 1 fully saturated rings. The Morgan fingerprint density at radius 2 is 2.09 bits per heavy atom. The minimum Gasteiger partial charge on any atom is -0.465 e. The van der Waals surface area contributed by atoms with Crippen LogP contribution in [0.25, 0.3) is 0 Å². The molecule has 1 aliphatic rings. The van der Waals surface area contributed by atoms with Crippen LogP contribution in [0.3, 0.4) is 0 Å². The van der Waals surface area contributed by atoms with E-state index in [-0.39, 0.29) is 39.8 Å². The van der Waals surface area contributed by atoms with Gasteiger partial charge in [-0.15, -0.1) is 12.4 Å². The zero-order valence-corrected chi connectivity index (χ0v) is 15.0. The largest absolute Gasteiger partial charge is 0.465 e. The van der Waals surface area contributed by atoms with Crippen molar-refractivity contribution in [1.29, 1.82) is 0 Å². The van der Waals surface area contributed by atoms with Crippen molar-refractivity contribution in [3.63, 3.8) is 0 Å². The van der Waals surface area contributed by atoms with E-state index in [9.17, 15) is 13.2 Å². The molecule has 1 aromatic carbocycles. The Morgan fingerprint density at radius 3 is 2.70 bits per heavy atom. The number of ether oxygens (including phenoxy) is 1. The Morgan fingerprint density at radius 1 is 1.39 bits per heavy atom. The van der Waals surface area contributed by atoms with E-state index in [1.165, 1.54) is 25.3 Å². The van der Waals surface area contributed by atoms with Crippen molar-refractivity contribution in [1.82, 2.24) is 4.72 Å². The summed E-state index contributed by atoms with van der Waals surface area (Å²) in [5.41, 5.74) is 5.77. The summed E-state index contributed by atoms with van der Waals surface area (Å²) >= 11 is 5.91. The summed E-state index contributed by atoms with van der Waals surface area (Å²) in [5, 5.41) is 0.157. The molecule has 1 aliphatic carbocycles. The van der Waals surface area contributed by atoms with E-state index in [1.54, 1.807) is 0 Å². The molecule has 0 spiro atoms. The molecule has 23 heavy (non-hydrogen) atoms. The summed E-state index contributed by atoms with van der Waals surface area (Å²) in [6.45, 7) is 0.441. The van der Waals surface area contributed by atoms with E-state index in [0.717, 1.165) is 19.3 Å². The molecule has 0 heterocycles. The van der Waals surface area contributed by atoms with E-state index < -0.39 is 16.0 Å². The zero-order valence-electron chi connectivity index (χ0n) is 12.6. The lowest BCUT2D eigenvalue weighted by atomic mass is 10.1. The Kier molecular flexibility index (Phi) is 7.29. The van der Waals surface area contributed by atoms with Gasteiger partial charge in [0.1, 0.15) is 0 Å². The van der Waals surface area contributed by atoms with Gasteiger partial charge >= 0.3 is 5.97 Å². The number of sulfonamides is 1. The van der Waals surface area contributed by atoms with Gasteiger partial charge in [-0.25, -0.2) is 17.9 Å². The van der Waals surface area contributed by atoms with Crippen LogP contribution in [-0.4, -0.2) is 34.1 Å². The smallest absolute Gasteiger partial charge is 0.337 e. The summed E-state index contributed by atoms with van der Waals surface area (Å²) in [4.78, 5) is 11.5. The Hall–Kier alpha value is -0.860. The van der Waals surface area contributed by atoms with Gasteiger partial charge < -0.3 is 10.5 Å². The highest BCUT2D eigenvalue weighted by molar-refractivity contribution is 7.89. The third-order valence-corrected chi connectivity index (χ3v) is 5.56. The van der Waals surface area contributed by atoms with Gasteiger partial charge in [-0.2, -0.15) is 0 Å². The second-order valence-electron chi connectivity index (χ2n) is 5.32. The second kappa shape index (κ2) is 8.30. The van der Waals surface area contributed by atoms with Gasteiger partial charge in [0, 0.05) is 11.1 Å². The molecule has 2 rings (SSSR count). The third kappa shape index (κ3) is 4.81. The molecule has 3 N–H and O–H groups in total. The summed E-state index contributed by atoms with van der Waals surface area (Å²) in [7, 11) is -2.55. The maximum atomic E-state index is 12.5. The average molecular weight is 383 g/mol. The van der Waals surface area contributed by atoms with Crippen molar-refractivity contribution in [2.45, 2.75) is 30.2 Å². The lowest BCUT2D eigenvalue weighted by molar-refractivity contribution is 0.0600. The number of methoxy groups -OCH3 is 1. The van der Waals surface area contributed by atoms with Crippen molar-refractivity contribution < 1.29 is 17.9 Å². The van der Waals surface area contributed by atoms with Crippen molar-refractivity contribution in [2.24, 2.45) is 11.7 Å². The summed E-state index contributed by atoms with van der Waals surface area (Å²) in [6, 6.07) is 3.75. The van der Waals surface area contributed by atoms with E-state index in [0.29, 0.717) is 6.54 Å². The monoisotopic (exact) mass is 382 g/mol. The first-order chi connectivity index (χ1) is 10.4. The third-order valence-electron chi connectivity index (χ3n) is 3.87. The zero-order chi connectivity index (χ0) is 16.3. The molecule has 6 nitrogen and oxygen atoms in total. The molecular weight excluding hydrogens is 363 g/mol. The normalized spacial score (nSPS) is 20.8. The van der Waals surface area contributed by atoms with Gasteiger partial charge in [-0.1, -0.05) is 18.0 Å². The summed E-state index contributed by atoms with van der Waals surface area (Å²) in [5.74, 6) is -0.506. The second-order valence-corrected chi connectivity index (χ2v) is 7.47. The number of hydrogen-bond acceptors (Lipinski definition) is 5. The highest BCUT2D eigenvalue weighted by Gasteiger charge is 2.30. The minimum absolute atomic E-state index is 0. The molecule has 0 amide bonds. The van der Waals surface area contributed by atoms with Crippen LogP contribution in [0.4, 0.5) is 0 Å². The molecule has 130 valence electrons. The minimum atomic E-state index is -3.77. The Balaban J connectivity index is 0.00000264. The molecule has 0 bridgehead atoms. The van der Waals surface area contributed by atoms with Crippen molar-refractivity contribution >= 4 is 40.0 Å². The Bertz CT molecular complexity index is 667. The fourth-order valence-electron chi connectivity index (χ4n) is 2.70. The molecule has 0 radical (unpaired) electrons. The molecule has 1 aromatic rings. The van der Waals surface area contributed by atoms with Gasteiger partial charge in [0.2, 0.25) is 10.0 Å². The van der Waals surface area contributed by atoms with Crippen LogP contribution in [0.15, 0.2) is 23.1 Å². The number of benzene rings is 1. The van der Waals surface area contributed by atoms with Crippen molar-refractivity contribution in [3.8, 4) is 0 Å². The highest BCUT2D eigenvalue weighted by atomic mass is 35.5. The van der Waals surface area contributed by atoms with E-state index in [4.69, 9.17) is 17.3 Å². The summed E-state index contributed by atoms with van der Waals surface area (Å²) in [6.07, 6.45) is 2.61. The molecule has 9 heteroatoms. The molecular formula is C14H20Cl2N2O4S. The van der Waals surface area contributed by atoms with E-state index in [1.807, 2.05) is 0 Å². The first kappa shape index (κ1) is 20.2. The number of nitrogens with two attached hydrogens (primary N) is 1. The van der Waals surface area contributed by atoms with Crippen LogP contribution in [-0.2, 0) is 14.8 Å². The van der Waals surface area contributed by atoms with E-state index >= 15 is 0 Å². The number of nitrogens with one attached hydrogen (secondary N) is 1. The van der Waals surface area contributed by atoms with Crippen LogP contribution in [0, 0.1) is 5.92 Å². The predicted molar refractivity (Wildman–Crippen MR) is 90.5 cm³/mol. The molecule has 2 unspecified atom stereocenters. The van der Waals surface area contributed by atoms with Gasteiger partial charge in [-0.05, 0) is 43.5 Å². The number of esters is 1. The molecule has 0 saturated heterocycles. The Labute approximate surface area is 147 Å². The fourth-order valence-corrected chi connectivity index (χ4v) is 4.40. The fraction of sp³-hybridized carbons (Fsp3) is 0.500. The van der Waals surface area contributed by atoms with Gasteiger partial charge in [0.15, 0.2) is 0 Å². The molecule has 1 saturated carbocycles.